The van der Waals surface area contributed by atoms with Crippen LogP contribution in [0, 0.1) is 6.92 Å². The number of benzene rings is 1. The molecule has 94 valence electrons. The van der Waals surface area contributed by atoms with Crippen molar-refractivity contribution in [1.82, 2.24) is 15.3 Å². The molecule has 1 aromatic carbocycles. The SMILES string of the molecule is CCNCc1cc(C)nc(-c2cccc(O)c2)n1. The molecule has 4 heteroatoms. The molecule has 0 saturated heterocycles. The zero-order chi connectivity index (χ0) is 13.0. The summed E-state index contributed by atoms with van der Waals surface area (Å²) in [4.78, 5) is 8.90. The number of nitrogens with one attached hydrogen (secondary N) is 1. The van der Waals surface area contributed by atoms with Gasteiger partial charge in [0.2, 0.25) is 0 Å². The molecule has 0 spiro atoms. The molecule has 2 aromatic rings. The molecule has 1 heterocycles. The molecule has 2 N–H and O–H groups in total. The molecule has 0 aliphatic heterocycles. The van der Waals surface area contributed by atoms with Gasteiger partial charge in [0.1, 0.15) is 5.75 Å². The van der Waals surface area contributed by atoms with E-state index in [0.717, 1.165) is 30.0 Å². The van der Waals surface area contributed by atoms with Gasteiger partial charge in [-0.2, -0.15) is 0 Å². The molecule has 0 atom stereocenters. The van der Waals surface area contributed by atoms with Crippen molar-refractivity contribution in [2.24, 2.45) is 0 Å². The molecule has 2 rings (SSSR count). The van der Waals surface area contributed by atoms with Crippen LogP contribution in [0.2, 0.25) is 0 Å². The van der Waals surface area contributed by atoms with Crippen molar-refractivity contribution >= 4 is 0 Å². The topological polar surface area (TPSA) is 58.0 Å². The maximum absolute atomic E-state index is 9.49. The molecule has 1 aromatic heterocycles. The van der Waals surface area contributed by atoms with Gasteiger partial charge in [0.05, 0.1) is 5.69 Å². The molecule has 4 nitrogen and oxygen atoms in total. The van der Waals surface area contributed by atoms with E-state index in [1.165, 1.54) is 0 Å². The van der Waals surface area contributed by atoms with Gasteiger partial charge in [-0.05, 0) is 31.7 Å². The lowest BCUT2D eigenvalue weighted by Crippen LogP contribution is -2.13. The summed E-state index contributed by atoms with van der Waals surface area (Å²) in [5.41, 5.74) is 2.72. The molecule has 0 unspecified atom stereocenters. The number of nitrogens with zero attached hydrogens (tertiary/aromatic N) is 2. The minimum absolute atomic E-state index is 0.228. The van der Waals surface area contributed by atoms with Gasteiger partial charge in [-0.1, -0.05) is 19.1 Å². The van der Waals surface area contributed by atoms with Crippen molar-refractivity contribution in [2.75, 3.05) is 6.54 Å². The third-order valence-corrected chi connectivity index (χ3v) is 2.57. The summed E-state index contributed by atoms with van der Waals surface area (Å²) in [6.07, 6.45) is 0. The average molecular weight is 243 g/mol. The van der Waals surface area contributed by atoms with Crippen LogP contribution < -0.4 is 5.32 Å². The standard InChI is InChI=1S/C14H17N3O/c1-3-15-9-12-7-10(2)16-14(17-12)11-5-4-6-13(18)8-11/h4-8,15,18H,3,9H2,1-2H3. The molecule has 0 aliphatic carbocycles. The lowest BCUT2D eigenvalue weighted by atomic mass is 10.2. The quantitative estimate of drug-likeness (QED) is 0.865. The van der Waals surface area contributed by atoms with Crippen LogP contribution in [0.3, 0.4) is 0 Å². The molecule has 0 saturated carbocycles. The molecular weight excluding hydrogens is 226 g/mol. The Hall–Kier alpha value is -1.94. The van der Waals surface area contributed by atoms with Crippen LogP contribution in [0.5, 0.6) is 5.75 Å². The number of aromatic nitrogens is 2. The number of phenols is 1. The summed E-state index contributed by atoms with van der Waals surface area (Å²) in [5, 5.41) is 12.7. The first-order chi connectivity index (χ1) is 8.69. The fourth-order valence-corrected chi connectivity index (χ4v) is 1.75. The van der Waals surface area contributed by atoms with Gasteiger partial charge >= 0.3 is 0 Å². The Labute approximate surface area is 107 Å². The highest BCUT2D eigenvalue weighted by molar-refractivity contribution is 5.57. The van der Waals surface area contributed by atoms with Crippen molar-refractivity contribution < 1.29 is 5.11 Å². The first-order valence-corrected chi connectivity index (χ1v) is 6.03. The van der Waals surface area contributed by atoms with Gasteiger partial charge in [-0.3, -0.25) is 0 Å². The fourth-order valence-electron chi connectivity index (χ4n) is 1.75. The number of rotatable bonds is 4. The Balaban J connectivity index is 2.35. The van der Waals surface area contributed by atoms with Gasteiger partial charge in [-0.25, -0.2) is 9.97 Å². The van der Waals surface area contributed by atoms with E-state index in [9.17, 15) is 5.11 Å². The van der Waals surface area contributed by atoms with E-state index in [1.54, 1.807) is 18.2 Å². The van der Waals surface area contributed by atoms with E-state index in [-0.39, 0.29) is 5.75 Å². The first kappa shape index (κ1) is 12.5. The highest BCUT2D eigenvalue weighted by Gasteiger charge is 2.05. The van der Waals surface area contributed by atoms with Crippen molar-refractivity contribution in [1.29, 1.82) is 0 Å². The highest BCUT2D eigenvalue weighted by atomic mass is 16.3. The summed E-state index contributed by atoms with van der Waals surface area (Å²) >= 11 is 0. The zero-order valence-corrected chi connectivity index (χ0v) is 10.6. The predicted octanol–water partition coefficient (Wildman–Crippen LogP) is 2.27. The van der Waals surface area contributed by atoms with Gasteiger partial charge in [0.15, 0.2) is 5.82 Å². The number of phenolic OH excluding ortho intramolecular Hbond substituents is 1. The Kier molecular flexibility index (Phi) is 3.89. The predicted molar refractivity (Wildman–Crippen MR) is 71.3 cm³/mol. The number of hydrogen-bond acceptors (Lipinski definition) is 4. The van der Waals surface area contributed by atoms with E-state index < -0.39 is 0 Å². The van der Waals surface area contributed by atoms with E-state index >= 15 is 0 Å². The second-order valence-corrected chi connectivity index (χ2v) is 4.15. The Morgan fingerprint density at radius 2 is 2.06 bits per heavy atom. The normalized spacial score (nSPS) is 10.6. The van der Waals surface area contributed by atoms with Crippen LogP contribution in [-0.4, -0.2) is 21.6 Å². The van der Waals surface area contributed by atoms with E-state index in [1.807, 2.05) is 19.1 Å². The minimum atomic E-state index is 0.228. The van der Waals surface area contributed by atoms with Crippen LogP contribution in [0.15, 0.2) is 30.3 Å². The Morgan fingerprint density at radius 3 is 2.78 bits per heavy atom. The fraction of sp³-hybridized carbons (Fsp3) is 0.286. The van der Waals surface area contributed by atoms with Crippen LogP contribution in [0.1, 0.15) is 18.3 Å². The van der Waals surface area contributed by atoms with E-state index in [0.29, 0.717) is 5.82 Å². The van der Waals surface area contributed by atoms with Crippen molar-refractivity contribution in [3.63, 3.8) is 0 Å². The summed E-state index contributed by atoms with van der Waals surface area (Å²) in [6.45, 7) is 5.64. The third kappa shape index (κ3) is 3.05. The number of hydrogen-bond donors (Lipinski definition) is 2. The van der Waals surface area contributed by atoms with Gasteiger partial charge < -0.3 is 10.4 Å². The van der Waals surface area contributed by atoms with Crippen molar-refractivity contribution in [2.45, 2.75) is 20.4 Å². The second-order valence-electron chi connectivity index (χ2n) is 4.15. The maximum atomic E-state index is 9.49. The summed E-state index contributed by atoms with van der Waals surface area (Å²) in [5.74, 6) is 0.879. The zero-order valence-electron chi connectivity index (χ0n) is 10.6. The second kappa shape index (κ2) is 5.60. The third-order valence-electron chi connectivity index (χ3n) is 2.57. The lowest BCUT2D eigenvalue weighted by Gasteiger charge is -2.06. The largest absolute Gasteiger partial charge is 0.508 e. The molecule has 0 amide bonds. The minimum Gasteiger partial charge on any atom is -0.508 e. The van der Waals surface area contributed by atoms with Crippen molar-refractivity contribution in [3.8, 4) is 17.1 Å². The molecule has 0 aliphatic rings. The van der Waals surface area contributed by atoms with Crippen LogP contribution >= 0.6 is 0 Å². The monoisotopic (exact) mass is 243 g/mol. The summed E-state index contributed by atoms with van der Waals surface area (Å²) in [7, 11) is 0. The summed E-state index contributed by atoms with van der Waals surface area (Å²) < 4.78 is 0. The lowest BCUT2D eigenvalue weighted by molar-refractivity contribution is 0.475. The molecule has 0 radical (unpaired) electrons. The van der Waals surface area contributed by atoms with Gasteiger partial charge in [0.25, 0.3) is 0 Å². The first-order valence-electron chi connectivity index (χ1n) is 6.03. The number of aryl methyl sites for hydroxylation is 1. The molecular formula is C14H17N3O. The molecule has 18 heavy (non-hydrogen) atoms. The average Bonchev–Trinajstić information content (AvgIpc) is 2.36. The smallest absolute Gasteiger partial charge is 0.159 e. The van der Waals surface area contributed by atoms with Crippen LogP contribution in [-0.2, 0) is 6.54 Å². The van der Waals surface area contributed by atoms with E-state index in [2.05, 4.69) is 22.2 Å². The van der Waals surface area contributed by atoms with Gasteiger partial charge in [-0.15, -0.1) is 0 Å². The van der Waals surface area contributed by atoms with Gasteiger partial charge in [0, 0.05) is 17.8 Å². The van der Waals surface area contributed by atoms with Crippen LogP contribution in [0.4, 0.5) is 0 Å². The highest BCUT2D eigenvalue weighted by Crippen LogP contribution is 2.20. The maximum Gasteiger partial charge on any atom is 0.159 e. The van der Waals surface area contributed by atoms with Crippen LogP contribution in [0.25, 0.3) is 11.4 Å². The Bertz CT molecular complexity index is 540. The number of aromatic hydroxyl groups is 1. The van der Waals surface area contributed by atoms with E-state index in [4.69, 9.17) is 0 Å². The molecule has 0 bridgehead atoms. The summed E-state index contributed by atoms with van der Waals surface area (Å²) in [6, 6.07) is 8.96. The molecule has 0 fully saturated rings. The Morgan fingerprint density at radius 1 is 1.22 bits per heavy atom. The van der Waals surface area contributed by atoms with Crippen molar-refractivity contribution in [3.05, 3.63) is 41.7 Å².